The molecule has 0 aromatic heterocycles. The molecular weight excluding hydrogens is 1270 g/mol. The number of allylic oxidation sites excluding steroid dienone is 15. The van der Waals surface area contributed by atoms with Crippen molar-refractivity contribution in [3.8, 4) is 0 Å². The van der Waals surface area contributed by atoms with Gasteiger partial charge in [0.2, 0.25) is 5.91 Å². The Morgan fingerprint density at radius 2 is 0.700 bits per heavy atom. The Kier molecular flexibility index (Phi) is 55.4. The topological polar surface area (TPSA) is 307 Å². The van der Waals surface area contributed by atoms with Crippen LogP contribution in [-0.2, 0) is 33.2 Å². The molecule has 3 aliphatic heterocycles. The number of nitrogens with one attached hydrogen (secondary N) is 1. The van der Waals surface area contributed by atoms with Crippen molar-refractivity contribution in [3.05, 3.63) is 97.2 Å². The van der Waals surface area contributed by atoms with Crippen LogP contribution in [0.2, 0.25) is 0 Å². The van der Waals surface area contributed by atoms with Crippen LogP contribution in [0.5, 0.6) is 0 Å². The molecule has 0 aromatic rings. The van der Waals surface area contributed by atoms with Crippen molar-refractivity contribution in [3.63, 3.8) is 0 Å². The van der Waals surface area contributed by atoms with Crippen molar-refractivity contribution in [1.29, 1.82) is 0 Å². The van der Waals surface area contributed by atoms with Crippen molar-refractivity contribution in [2.45, 2.75) is 381 Å². The van der Waals surface area contributed by atoms with Gasteiger partial charge in [0.15, 0.2) is 18.9 Å². The third-order valence-corrected chi connectivity index (χ3v) is 19.1. The van der Waals surface area contributed by atoms with E-state index in [1.54, 1.807) is 6.08 Å². The number of hydrogen-bond acceptors (Lipinski definition) is 18. The molecule has 3 rings (SSSR count). The largest absolute Gasteiger partial charge is 0.394 e. The van der Waals surface area contributed by atoms with E-state index in [9.17, 15) is 61.0 Å². The number of ether oxygens (including phenoxy) is 6. The van der Waals surface area contributed by atoms with Crippen molar-refractivity contribution < 1.29 is 89.4 Å². The third kappa shape index (κ3) is 40.8. The van der Waals surface area contributed by atoms with Gasteiger partial charge >= 0.3 is 0 Å². The molecule has 0 spiro atoms. The first kappa shape index (κ1) is 90.9. The number of aliphatic hydroxyl groups excluding tert-OH is 11. The zero-order chi connectivity index (χ0) is 72.5. The van der Waals surface area contributed by atoms with E-state index in [-0.39, 0.29) is 18.9 Å². The summed E-state index contributed by atoms with van der Waals surface area (Å²) >= 11 is 0. The molecule has 0 aromatic carbocycles. The van der Waals surface area contributed by atoms with Crippen molar-refractivity contribution in [1.82, 2.24) is 5.32 Å². The Hall–Kier alpha value is -3.29. The van der Waals surface area contributed by atoms with Gasteiger partial charge in [-0.3, -0.25) is 4.79 Å². The number of hydrogen-bond donors (Lipinski definition) is 12. The number of rotatable bonds is 61. The summed E-state index contributed by atoms with van der Waals surface area (Å²) in [6.45, 7) is 1.62. The second-order valence-electron chi connectivity index (χ2n) is 27.8. The third-order valence-electron chi connectivity index (χ3n) is 19.1. The van der Waals surface area contributed by atoms with E-state index in [2.05, 4.69) is 104 Å². The lowest BCUT2D eigenvalue weighted by molar-refractivity contribution is -0.379. The van der Waals surface area contributed by atoms with Gasteiger partial charge in [-0.25, -0.2) is 0 Å². The second kappa shape index (κ2) is 60.9. The maximum absolute atomic E-state index is 13.5. The molecule has 19 heteroatoms. The number of carbonyl (C=O) groups excluding carboxylic acids is 1. The van der Waals surface area contributed by atoms with Gasteiger partial charge in [0.05, 0.1) is 38.6 Å². The maximum Gasteiger partial charge on any atom is 0.220 e. The van der Waals surface area contributed by atoms with Gasteiger partial charge in [-0.05, 0) is 83.5 Å². The van der Waals surface area contributed by atoms with Gasteiger partial charge in [0.25, 0.3) is 0 Å². The number of carbonyl (C=O) groups is 1. The lowest BCUT2D eigenvalue weighted by atomic mass is 9.96. The normalized spacial score (nSPS) is 27.0. The van der Waals surface area contributed by atoms with Crippen LogP contribution in [-0.4, -0.2) is 193 Å². The van der Waals surface area contributed by atoms with Crippen molar-refractivity contribution >= 4 is 5.91 Å². The highest BCUT2D eigenvalue weighted by molar-refractivity contribution is 5.76. The van der Waals surface area contributed by atoms with Gasteiger partial charge in [-0.2, -0.15) is 0 Å². The Morgan fingerprint density at radius 3 is 1.12 bits per heavy atom. The fourth-order valence-electron chi connectivity index (χ4n) is 12.8. The summed E-state index contributed by atoms with van der Waals surface area (Å²) in [7, 11) is 0. The number of aliphatic hydroxyl groups is 11. The molecular formula is C81H141NO18. The summed E-state index contributed by atoms with van der Waals surface area (Å²) in [5.41, 5.74) is 0. The fourth-order valence-corrected chi connectivity index (χ4v) is 12.8. The molecule has 17 atom stereocenters. The molecule has 0 saturated carbocycles. The Bertz CT molecular complexity index is 2190. The van der Waals surface area contributed by atoms with Crippen LogP contribution in [0.15, 0.2) is 97.2 Å². The SMILES string of the molecule is CC/C=C\C/C=C\C/C=C\C/C=C\C/C=C\C/C=C\CCCCCCCCCCCCCCCCCCC(=O)NC(COC1OC(CO)C(OC2OC(CO)C(OC3OC(CO)C(O)C(O)C3O)C(O)C2O)C(O)C1O)C(O)/C=C/CC/C=C/CCCCCCCCCCCCCCCC. The van der Waals surface area contributed by atoms with Gasteiger partial charge in [0.1, 0.15) is 73.2 Å². The van der Waals surface area contributed by atoms with Crippen LogP contribution in [0.25, 0.3) is 0 Å². The second-order valence-corrected chi connectivity index (χ2v) is 27.8. The van der Waals surface area contributed by atoms with Crippen molar-refractivity contribution in [2.24, 2.45) is 0 Å². The minimum atomic E-state index is -1.98. The summed E-state index contributed by atoms with van der Waals surface area (Å²) in [6.07, 6.45) is 55.3. The first-order valence-electron chi connectivity index (χ1n) is 39.5. The molecule has 0 bridgehead atoms. The fraction of sp³-hybridized carbons (Fsp3) is 0.790. The first-order chi connectivity index (χ1) is 48.8. The summed E-state index contributed by atoms with van der Waals surface area (Å²) in [6, 6.07) is -0.995. The quantitative estimate of drug-likeness (QED) is 0.0199. The van der Waals surface area contributed by atoms with Gasteiger partial charge in [-0.15, -0.1) is 0 Å². The highest BCUT2D eigenvalue weighted by atomic mass is 16.8. The first-order valence-corrected chi connectivity index (χ1v) is 39.5. The van der Waals surface area contributed by atoms with Crippen LogP contribution in [0.4, 0.5) is 0 Å². The van der Waals surface area contributed by atoms with Crippen LogP contribution in [0.3, 0.4) is 0 Å². The molecule has 3 saturated heterocycles. The zero-order valence-corrected chi connectivity index (χ0v) is 61.6. The van der Waals surface area contributed by atoms with Crippen LogP contribution >= 0.6 is 0 Å². The maximum atomic E-state index is 13.5. The average molecular weight is 1420 g/mol. The van der Waals surface area contributed by atoms with Gasteiger partial charge in [-0.1, -0.05) is 284 Å². The molecule has 17 unspecified atom stereocenters. The van der Waals surface area contributed by atoms with Gasteiger partial charge < -0.3 is 89.9 Å². The molecule has 0 aliphatic carbocycles. The van der Waals surface area contributed by atoms with E-state index < -0.39 is 124 Å². The summed E-state index contributed by atoms with van der Waals surface area (Å²) in [4.78, 5) is 13.5. The summed E-state index contributed by atoms with van der Waals surface area (Å²) in [5.74, 6) is -0.286. The highest BCUT2D eigenvalue weighted by Gasteiger charge is 2.53. The molecule has 0 radical (unpaired) electrons. The Morgan fingerprint density at radius 1 is 0.370 bits per heavy atom. The monoisotopic (exact) mass is 1420 g/mol. The number of unbranched alkanes of at least 4 members (excludes halogenated alkanes) is 31. The van der Waals surface area contributed by atoms with Crippen LogP contribution in [0, 0.1) is 0 Å². The van der Waals surface area contributed by atoms with Gasteiger partial charge in [0, 0.05) is 6.42 Å². The molecule has 1 amide bonds. The molecule has 3 heterocycles. The predicted molar refractivity (Wildman–Crippen MR) is 397 cm³/mol. The minimum absolute atomic E-state index is 0.232. The predicted octanol–water partition coefficient (Wildman–Crippen LogP) is 12.8. The molecule has 19 nitrogen and oxygen atoms in total. The molecule has 100 heavy (non-hydrogen) atoms. The average Bonchev–Trinajstić information content (AvgIpc) is 0.783. The lowest BCUT2D eigenvalue weighted by Gasteiger charge is -2.48. The Labute approximate surface area is 603 Å². The van der Waals surface area contributed by atoms with E-state index in [0.29, 0.717) is 12.8 Å². The summed E-state index contributed by atoms with van der Waals surface area (Å²) in [5, 5.41) is 121. The zero-order valence-electron chi connectivity index (χ0n) is 61.6. The molecule has 3 aliphatic rings. The summed E-state index contributed by atoms with van der Waals surface area (Å²) < 4.78 is 34.4. The smallest absolute Gasteiger partial charge is 0.220 e. The minimum Gasteiger partial charge on any atom is -0.394 e. The van der Waals surface area contributed by atoms with Crippen LogP contribution in [0.1, 0.15) is 277 Å². The van der Waals surface area contributed by atoms with Crippen LogP contribution < -0.4 is 5.32 Å². The van der Waals surface area contributed by atoms with E-state index in [1.807, 2.05) is 6.08 Å². The molecule has 12 N–H and O–H groups in total. The standard InChI is InChI=1S/C81H141NO18/c1-3-5-7-9-11-13-15-17-19-21-23-25-26-27-28-29-30-31-32-33-34-35-36-37-38-39-41-43-45-47-49-51-53-55-57-59-69(87)82-64(65(86)58-56-54-52-50-48-46-44-42-40-24-22-20-18-16-14-12-10-8-6-4-2)63-95-79-75(93)72(90)77(67(61-84)97-79)100-81-76(94)73(91)78(68(62-85)98-81)99-80-74(92)71(89)70(88)66(60-83)96-80/h5,7,11,13,17,19,23,25,27-28,30-31,48,50,56,58,64-68,70-81,83-86,88-94H,3-4,6,8-10,12,14-16,18,20-22,24,26,29,32-47,49,51-55,57,59-63H2,1-2H3,(H,82,87)/b7-5-,13-11-,19-17-,25-23-,28-27-,31-30-,50-48+,58-56+. The lowest BCUT2D eigenvalue weighted by Crippen LogP contribution is -2.66. The van der Waals surface area contributed by atoms with Crippen molar-refractivity contribution in [2.75, 3.05) is 26.4 Å². The molecule has 3 fully saturated rings. The van der Waals surface area contributed by atoms with E-state index >= 15 is 0 Å². The van der Waals surface area contributed by atoms with E-state index in [1.165, 1.54) is 167 Å². The highest BCUT2D eigenvalue weighted by Crippen LogP contribution is 2.33. The molecule has 578 valence electrons. The Balaban J connectivity index is 1.36. The number of amides is 1. The van der Waals surface area contributed by atoms with E-state index in [4.69, 9.17) is 28.4 Å². The van der Waals surface area contributed by atoms with E-state index in [0.717, 1.165) is 77.0 Å².